The lowest BCUT2D eigenvalue weighted by molar-refractivity contribution is -0.144. The van der Waals surface area contributed by atoms with E-state index < -0.39 is 36.3 Å². The van der Waals surface area contributed by atoms with E-state index in [1.54, 1.807) is 13.8 Å². The minimum absolute atomic E-state index is 0.247. The van der Waals surface area contributed by atoms with Crippen LogP contribution in [0.25, 0.3) is 0 Å². The fourth-order valence-electron chi connectivity index (χ4n) is 2.36. The van der Waals surface area contributed by atoms with E-state index in [-0.39, 0.29) is 17.9 Å². The molecule has 0 saturated carbocycles. The lowest BCUT2D eigenvalue weighted by Gasteiger charge is -2.25. The Kier molecular flexibility index (Phi) is 6.95. The van der Waals surface area contributed by atoms with Crippen LogP contribution < -0.4 is 21.7 Å². The van der Waals surface area contributed by atoms with Gasteiger partial charge in [-0.05, 0) is 25.3 Å². The summed E-state index contributed by atoms with van der Waals surface area (Å²) in [5.74, 6) is -3.39. The summed E-state index contributed by atoms with van der Waals surface area (Å²) in [6, 6.07) is -2.65. The molecule has 0 radical (unpaired) electrons. The highest BCUT2D eigenvalue weighted by atomic mass is 16.4. The van der Waals surface area contributed by atoms with Crippen LogP contribution in [0.5, 0.6) is 0 Å². The summed E-state index contributed by atoms with van der Waals surface area (Å²) < 4.78 is 0. The van der Waals surface area contributed by atoms with Gasteiger partial charge in [0.2, 0.25) is 17.7 Å². The Hall–Kier alpha value is -2.16. The molecule has 3 atom stereocenters. The molecule has 0 aliphatic carbocycles. The standard InChI is InChI=1S/C14H24N4O5/c1-7(2)11(18-12(20)8-4-3-5-16-8)13(21)17-9(14(22)23)6-10(15)19/h7-9,11,16H,3-6H2,1-2H3,(H2,15,19)(H,17,21)(H,18,20)(H,22,23). The van der Waals surface area contributed by atoms with Crippen LogP contribution in [0.1, 0.15) is 33.1 Å². The molecule has 23 heavy (non-hydrogen) atoms. The van der Waals surface area contributed by atoms with Crippen LogP contribution >= 0.6 is 0 Å². The van der Waals surface area contributed by atoms with Gasteiger partial charge in [0.1, 0.15) is 12.1 Å². The smallest absolute Gasteiger partial charge is 0.326 e. The number of primary amides is 1. The Balaban J connectivity index is 2.71. The number of hydrogen-bond donors (Lipinski definition) is 5. The minimum Gasteiger partial charge on any atom is -0.480 e. The van der Waals surface area contributed by atoms with Gasteiger partial charge in [-0.2, -0.15) is 0 Å². The molecule has 1 aliphatic heterocycles. The van der Waals surface area contributed by atoms with Crippen molar-refractivity contribution in [2.24, 2.45) is 11.7 Å². The highest BCUT2D eigenvalue weighted by Crippen LogP contribution is 2.08. The maximum Gasteiger partial charge on any atom is 0.326 e. The van der Waals surface area contributed by atoms with E-state index >= 15 is 0 Å². The zero-order valence-corrected chi connectivity index (χ0v) is 13.3. The molecule has 1 rings (SSSR count). The van der Waals surface area contributed by atoms with E-state index in [4.69, 9.17) is 10.8 Å². The molecule has 0 aromatic rings. The number of carbonyl (C=O) groups excluding carboxylic acids is 3. The van der Waals surface area contributed by atoms with Crippen LogP contribution in [0.2, 0.25) is 0 Å². The maximum absolute atomic E-state index is 12.3. The average Bonchev–Trinajstić information content (AvgIpc) is 2.96. The van der Waals surface area contributed by atoms with Crippen LogP contribution in [0, 0.1) is 5.92 Å². The molecule has 130 valence electrons. The van der Waals surface area contributed by atoms with Crippen molar-refractivity contribution in [2.75, 3.05) is 6.54 Å². The van der Waals surface area contributed by atoms with Gasteiger partial charge < -0.3 is 26.8 Å². The van der Waals surface area contributed by atoms with Gasteiger partial charge in [0.05, 0.1) is 12.5 Å². The van der Waals surface area contributed by atoms with Crippen LogP contribution in [0.4, 0.5) is 0 Å². The van der Waals surface area contributed by atoms with Crippen LogP contribution in [0.15, 0.2) is 0 Å². The Morgan fingerprint density at radius 2 is 1.91 bits per heavy atom. The van der Waals surface area contributed by atoms with Crippen LogP contribution in [-0.2, 0) is 19.2 Å². The summed E-state index contributed by atoms with van der Waals surface area (Å²) in [4.78, 5) is 46.3. The molecule has 1 aliphatic rings. The van der Waals surface area contributed by atoms with E-state index in [9.17, 15) is 19.2 Å². The summed E-state index contributed by atoms with van der Waals surface area (Å²) in [6.45, 7) is 4.21. The Labute approximate surface area is 134 Å². The molecule has 1 saturated heterocycles. The maximum atomic E-state index is 12.3. The van der Waals surface area contributed by atoms with Crippen molar-refractivity contribution >= 4 is 23.7 Å². The van der Waals surface area contributed by atoms with Crippen molar-refractivity contribution in [3.63, 3.8) is 0 Å². The lowest BCUT2D eigenvalue weighted by Crippen LogP contribution is -2.56. The second kappa shape index (κ2) is 8.47. The number of rotatable bonds is 8. The van der Waals surface area contributed by atoms with Crippen molar-refractivity contribution in [2.45, 2.75) is 51.2 Å². The summed E-state index contributed by atoms with van der Waals surface area (Å²) in [6.07, 6.45) is 1.07. The number of nitrogens with one attached hydrogen (secondary N) is 3. The first-order valence-corrected chi connectivity index (χ1v) is 7.57. The molecular formula is C14H24N4O5. The highest BCUT2D eigenvalue weighted by Gasteiger charge is 2.31. The number of amides is 3. The molecule has 0 aromatic carbocycles. The molecule has 0 bridgehead atoms. The summed E-state index contributed by atoms with van der Waals surface area (Å²) in [7, 11) is 0. The summed E-state index contributed by atoms with van der Waals surface area (Å²) in [5, 5.41) is 16.9. The SMILES string of the molecule is CC(C)C(NC(=O)C1CCCN1)C(=O)NC(CC(N)=O)C(=O)O. The number of aliphatic carboxylic acids is 1. The molecule has 1 fully saturated rings. The van der Waals surface area contributed by atoms with Gasteiger partial charge in [-0.3, -0.25) is 14.4 Å². The molecule has 3 unspecified atom stereocenters. The number of nitrogens with two attached hydrogens (primary N) is 1. The normalized spacial score (nSPS) is 19.9. The van der Waals surface area contributed by atoms with Crippen molar-refractivity contribution < 1.29 is 24.3 Å². The summed E-state index contributed by atoms with van der Waals surface area (Å²) in [5.41, 5.74) is 4.97. The highest BCUT2D eigenvalue weighted by molar-refractivity contribution is 5.93. The minimum atomic E-state index is -1.41. The largest absolute Gasteiger partial charge is 0.480 e. The number of carboxylic acid groups (broad SMARTS) is 1. The molecule has 1 heterocycles. The van der Waals surface area contributed by atoms with E-state index in [2.05, 4.69) is 16.0 Å². The third-order valence-corrected chi connectivity index (χ3v) is 3.64. The second-order valence-electron chi connectivity index (χ2n) is 5.95. The number of carboxylic acids is 1. The van der Waals surface area contributed by atoms with Gasteiger partial charge >= 0.3 is 5.97 Å². The molecule has 9 nitrogen and oxygen atoms in total. The monoisotopic (exact) mass is 328 g/mol. The van der Waals surface area contributed by atoms with Gasteiger partial charge in [-0.25, -0.2) is 4.79 Å². The van der Waals surface area contributed by atoms with Crippen molar-refractivity contribution in [3.8, 4) is 0 Å². The topological polar surface area (TPSA) is 151 Å². The fraction of sp³-hybridized carbons (Fsp3) is 0.714. The van der Waals surface area contributed by atoms with E-state index in [1.165, 1.54) is 0 Å². The predicted octanol–water partition coefficient (Wildman–Crippen LogP) is -1.68. The first-order valence-electron chi connectivity index (χ1n) is 7.57. The number of hydrogen-bond acceptors (Lipinski definition) is 5. The third kappa shape index (κ3) is 5.85. The lowest BCUT2D eigenvalue weighted by atomic mass is 10.0. The van der Waals surface area contributed by atoms with E-state index in [0.717, 1.165) is 13.0 Å². The Morgan fingerprint density at radius 3 is 2.35 bits per heavy atom. The van der Waals surface area contributed by atoms with Gasteiger partial charge in [0.25, 0.3) is 0 Å². The third-order valence-electron chi connectivity index (χ3n) is 3.64. The van der Waals surface area contributed by atoms with E-state index in [0.29, 0.717) is 6.42 Å². The molecule has 0 spiro atoms. The van der Waals surface area contributed by atoms with Gasteiger partial charge in [0, 0.05) is 0 Å². The molecule has 0 aromatic heterocycles. The van der Waals surface area contributed by atoms with Crippen LogP contribution in [0.3, 0.4) is 0 Å². The zero-order chi connectivity index (χ0) is 17.6. The van der Waals surface area contributed by atoms with Gasteiger partial charge in [0.15, 0.2) is 0 Å². The van der Waals surface area contributed by atoms with Crippen molar-refractivity contribution in [1.82, 2.24) is 16.0 Å². The zero-order valence-electron chi connectivity index (χ0n) is 13.3. The molecule has 6 N–H and O–H groups in total. The van der Waals surface area contributed by atoms with E-state index in [1.807, 2.05) is 0 Å². The summed E-state index contributed by atoms with van der Waals surface area (Å²) >= 11 is 0. The fourth-order valence-corrected chi connectivity index (χ4v) is 2.36. The molecule has 9 heteroatoms. The molecular weight excluding hydrogens is 304 g/mol. The quantitative estimate of drug-likeness (QED) is 0.359. The second-order valence-corrected chi connectivity index (χ2v) is 5.95. The van der Waals surface area contributed by atoms with Crippen LogP contribution in [-0.4, -0.2) is 53.5 Å². The van der Waals surface area contributed by atoms with Crippen molar-refractivity contribution in [1.29, 1.82) is 0 Å². The Morgan fingerprint density at radius 1 is 1.26 bits per heavy atom. The van der Waals surface area contributed by atoms with Crippen molar-refractivity contribution in [3.05, 3.63) is 0 Å². The molecule has 3 amide bonds. The van der Waals surface area contributed by atoms with Gasteiger partial charge in [-0.1, -0.05) is 13.8 Å². The van der Waals surface area contributed by atoms with Gasteiger partial charge in [-0.15, -0.1) is 0 Å². The first-order chi connectivity index (χ1) is 10.7. The average molecular weight is 328 g/mol. The first kappa shape index (κ1) is 18.9. The predicted molar refractivity (Wildman–Crippen MR) is 81.2 cm³/mol. The Bertz CT molecular complexity index is 474. The number of carbonyl (C=O) groups is 4.